The first-order chi connectivity index (χ1) is 26.0. The Morgan fingerprint density at radius 3 is 1.93 bits per heavy atom. The van der Waals surface area contributed by atoms with Gasteiger partial charge >= 0.3 is 5.97 Å². The molecule has 6 amide bonds. The van der Waals surface area contributed by atoms with Crippen LogP contribution in [0.15, 0.2) is 29.3 Å². The summed E-state index contributed by atoms with van der Waals surface area (Å²) in [4.78, 5) is 98.9. The van der Waals surface area contributed by atoms with Crippen LogP contribution in [0.3, 0.4) is 0 Å². The second kappa shape index (κ2) is 20.8. The minimum atomic E-state index is -1.23. The summed E-state index contributed by atoms with van der Waals surface area (Å²) >= 11 is 0. The number of hydrogen-bond donors (Lipinski definition) is 9. The molecule has 6 unspecified atom stereocenters. The number of benzene rings is 1. The molecule has 12 N–H and O–H groups in total. The Morgan fingerprint density at radius 1 is 0.818 bits per heavy atom. The van der Waals surface area contributed by atoms with Crippen LogP contribution in [0.1, 0.15) is 71.3 Å². The van der Waals surface area contributed by atoms with E-state index in [1.807, 2.05) is 13.8 Å². The number of carbonyl (C=O) groups is 7. The smallest absolute Gasteiger partial charge is 0.322 e. The van der Waals surface area contributed by atoms with Crippen LogP contribution in [0.5, 0.6) is 5.75 Å². The van der Waals surface area contributed by atoms with Gasteiger partial charge in [0.1, 0.15) is 42.5 Å². The van der Waals surface area contributed by atoms with Crippen LogP contribution in [-0.4, -0.2) is 130 Å². The molecule has 19 heteroatoms. The van der Waals surface area contributed by atoms with Gasteiger partial charge in [0.25, 0.3) is 0 Å². The van der Waals surface area contributed by atoms with Crippen molar-refractivity contribution in [2.24, 2.45) is 28.1 Å². The summed E-state index contributed by atoms with van der Waals surface area (Å²) in [6.07, 6.45) is 2.18. The Balaban J connectivity index is 1.82. The number of carbonyl (C=O) groups excluding carboxylic acids is 6. The van der Waals surface area contributed by atoms with Crippen molar-refractivity contribution in [1.29, 1.82) is 0 Å². The Hall–Kier alpha value is -5.46. The van der Waals surface area contributed by atoms with Crippen molar-refractivity contribution in [2.75, 3.05) is 26.2 Å². The highest BCUT2D eigenvalue weighted by atomic mass is 16.4. The number of phenolic OH excluding ortho intramolecular Hbond substituents is 1. The number of hydrogen-bond acceptors (Lipinski definition) is 10. The van der Waals surface area contributed by atoms with Crippen molar-refractivity contribution in [3.63, 3.8) is 0 Å². The van der Waals surface area contributed by atoms with E-state index >= 15 is 0 Å². The van der Waals surface area contributed by atoms with E-state index in [9.17, 15) is 38.7 Å². The van der Waals surface area contributed by atoms with Gasteiger partial charge in [0.05, 0.1) is 6.04 Å². The lowest BCUT2D eigenvalue weighted by molar-refractivity contribution is -0.144. The fourth-order valence-corrected chi connectivity index (χ4v) is 6.66. The number of phenols is 1. The van der Waals surface area contributed by atoms with E-state index in [0.717, 1.165) is 0 Å². The van der Waals surface area contributed by atoms with Crippen LogP contribution >= 0.6 is 0 Å². The molecule has 0 aliphatic carbocycles. The number of nitrogens with two attached hydrogens (primary N) is 3. The largest absolute Gasteiger partial charge is 0.508 e. The molecule has 6 atom stereocenters. The summed E-state index contributed by atoms with van der Waals surface area (Å²) < 4.78 is 0. The number of guanidine groups is 1. The van der Waals surface area contributed by atoms with Crippen molar-refractivity contribution in [3.05, 3.63) is 29.8 Å². The van der Waals surface area contributed by atoms with Gasteiger partial charge in [-0.2, -0.15) is 0 Å². The summed E-state index contributed by atoms with van der Waals surface area (Å²) in [5.41, 5.74) is 17.4. The number of amides is 6. The average molecular weight is 773 g/mol. The van der Waals surface area contributed by atoms with E-state index in [2.05, 4.69) is 26.3 Å². The summed E-state index contributed by atoms with van der Waals surface area (Å²) in [6.45, 7) is 5.18. The van der Waals surface area contributed by atoms with Crippen LogP contribution in [0.25, 0.3) is 0 Å². The molecule has 2 heterocycles. The maximum Gasteiger partial charge on any atom is 0.322 e. The first-order valence-corrected chi connectivity index (χ1v) is 18.6. The number of aliphatic imine (C=N–C) groups is 1. The summed E-state index contributed by atoms with van der Waals surface area (Å²) in [5.74, 6) is -4.92. The Kier molecular flexibility index (Phi) is 16.7. The molecule has 3 rings (SSSR count). The third-order valence-electron chi connectivity index (χ3n) is 9.40. The highest BCUT2D eigenvalue weighted by Crippen LogP contribution is 2.23. The molecule has 2 fully saturated rings. The molecular formula is C36H56N10O9. The second-order valence-corrected chi connectivity index (χ2v) is 14.4. The lowest BCUT2D eigenvalue weighted by atomic mass is 10.0. The zero-order chi connectivity index (χ0) is 40.8. The number of carboxylic acids is 1. The molecule has 1 aromatic carbocycles. The Bertz CT molecular complexity index is 1570. The van der Waals surface area contributed by atoms with Gasteiger partial charge in [-0.1, -0.05) is 26.0 Å². The molecule has 2 saturated heterocycles. The van der Waals surface area contributed by atoms with Crippen molar-refractivity contribution in [2.45, 2.75) is 108 Å². The fourth-order valence-electron chi connectivity index (χ4n) is 6.66. The monoisotopic (exact) mass is 772 g/mol. The molecule has 0 radical (unpaired) electrons. The zero-order valence-corrected chi connectivity index (χ0v) is 31.7. The van der Waals surface area contributed by atoms with E-state index in [1.165, 1.54) is 28.9 Å². The molecule has 55 heavy (non-hydrogen) atoms. The molecule has 2 aliphatic heterocycles. The van der Waals surface area contributed by atoms with Crippen molar-refractivity contribution in [3.8, 4) is 5.75 Å². The van der Waals surface area contributed by atoms with Crippen LogP contribution in [0.4, 0.5) is 0 Å². The van der Waals surface area contributed by atoms with Gasteiger partial charge in [-0.3, -0.25) is 38.6 Å². The first kappa shape index (κ1) is 43.9. The van der Waals surface area contributed by atoms with Crippen LogP contribution < -0.4 is 38.5 Å². The van der Waals surface area contributed by atoms with Gasteiger partial charge in [-0.05, 0) is 75.5 Å². The minimum absolute atomic E-state index is 0.0277. The molecule has 2 aliphatic rings. The van der Waals surface area contributed by atoms with Gasteiger partial charge in [0.2, 0.25) is 35.4 Å². The zero-order valence-electron chi connectivity index (χ0n) is 31.7. The van der Waals surface area contributed by atoms with Crippen molar-refractivity contribution in [1.82, 2.24) is 31.1 Å². The molecule has 0 bridgehead atoms. The second-order valence-electron chi connectivity index (χ2n) is 14.4. The number of aliphatic carboxylic acids is 1. The maximum atomic E-state index is 14.0. The number of nitrogens with one attached hydrogen (secondary N) is 4. The fraction of sp³-hybridized carbons (Fsp3) is 0.611. The van der Waals surface area contributed by atoms with Gasteiger partial charge < -0.3 is 58.5 Å². The normalized spacial score (nSPS) is 18.8. The highest BCUT2D eigenvalue weighted by molar-refractivity contribution is 5.97. The lowest BCUT2D eigenvalue weighted by Crippen LogP contribution is -2.59. The minimum Gasteiger partial charge on any atom is -0.508 e. The van der Waals surface area contributed by atoms with Crippen LogP contribution in [0, 0.1) is 5.92 Å². The average Bonchev–Trinajstić information content (AvgIpc) is 3.82. The summed E-state index contributed by atoms with van der Waals surface area (Å²) in [5, 5.41) is 29.3. The molecule has 1 aromatic rings. The number of rotatable bonds is 19. The van der Waals surface area contributed by atoms with Crippen molar-refractivity contribution < 1.29 is 43.8 Å². The molecule has 0 spiro atoms. The standard InChI is InChI=1S/C36H56N10O9/c1-20(2)17-25(34(54)45-15-5-8-27(45)32(52)41-19-29(48)49)44-31(51)24(7-4-14-40-36(38)39)42-33(53)28-9-6-16-46(28)35(55)26(43-30(50)21(3)37)18-22-10-12-23(47)13-11-22/h10-13,20-21,24-28,47H,4-9,14-19,37H2,1-3H3,(H,41,52)(H,42,53)(H,43,50)(H,44,51)(H,48,49)(H4,38,39,40). The highest BCUT2D eigenvalue weighted by Gasteiger charge is 2.41. The third kappa shape index (κ3) is 13.4. The van der Waals surface area contributed by atoms with E-state index in [1.54, 1.807) is 12.1 Å². The van der Waals surface area contributed by atoms with E-state index in [0.29, 0.717) is 24.8 Å². The molecule has 0 saturated carbocycles. The number of aromatic hydroxyl groups is 1. The maximum absolute atomic E-state index is 14.0. The quantitative estimate of drug-likeness (QED) is 0.0420. The lowest BCUT2D eigenvalue weighted by Gasteiger charge is -2.32. The Labute approximate surface area is 320 Å². The van der Waals surface area contributed by atoms with Gasteiger partial charge in [0, 0.05) is 26.1 Å². The number of nitrogens with zero attached hydrogens (tertiary/aromatic N) is 3. The van der Waals surface area contributed by atoms with Crippen LogP contribution in [0.2, 0.25) is 0 Å². The predicted molar refractivity (Wildman–Crippen MR) is 201 cm³/mol. The van der Waals surface area contributed by atoms with E-state index in [4.69, 9.17) is 22.3 Å². The number of likely N-dealkylation sites (tertiary alicyclic amines) is 2. The molecule has 19 nitrogen and oxygen atoms in total. The topological polar surface area (TPSA) is 305 Å². The first-order valence-electron chi connectivity index (χ1n) is 18.6. The van der Waals surface area contributed by atoms with Gasteiger partial charge in [-0.25, -0.2) is 0 Å². The van der Waals surface area contributed by atoms with E-state index < -0.39 is 84.2 Å². The van der Waals surface area contributed by atoms with Crippen molar-refractivity contribution >= 4 is 47.4 Å². The van der Waals surface area contributed by atoms with E-state index in [-0.39, 0.29) is 69.4 Å². The van der Waals surface area contributed by atoms with Gasteiger partial charge in [-0.15, -0.1) is 0 Å². The third-order valence-corrected chi connectivity index (χ3v) is 9.40. The Morgan fingerprint density at radius 2 is 1.38 bits per heavy atom. The van der Waals surface area contributed by atoms with Gasteiger partial charge in [0.15, 0.2) is 5.96 Å². The molecule has 0 aromatic heterocycles. The SMILES string of the molecule is CC(C)CC(NC(=O)C(CCCN=C(N)N)NC(=O)C1CCCN1C(=O)C(Cc1ccc(O)cc1)NC(=O)C(C)N)C(=O)N1CCCC1C(=O)NCC(=O)O. The summed E-state index contributed by atoms with van der Waals surface area (Å²) in [6, 6.07) is -0.00936. The summed E-state index contributed by atoms with van der Waals surface area (Å²) in [7, 11) is 0. The predicted octanol–water partition coefficient (Wildman–Crippen LogP) is -1.98. The molecule has 304 valence electrons. The number of carboxylic acid groups (broad SMARTS) is 1. The molecular weight excluding hydrogens is 716 g/mol. The van der Waals surface area contributed by atoms with Crippen LogP contribution in [-0.2, 0) is 40.0 Å².